The molecule has 0 bridgehead atoms. The lowest BCUT2D eigenvalue weighted by Gasteiger charge is -2.34. The van der Waals surface area contributed by atoms with E-state index in [2.05, 4.69) is 17.2 Å². The molecule has 38 heavy (non-hydrogen) atoms. The molecule has 1 aromatic heterocycles. The first-order valence-electron chi connectivity index (χ1n) is 13.3. The summed E-state index contributed by atoms with van der Waals surface area (Å²) in [4.78, 5) is 17.3. The second kappa shape index (κ2) is 11.0. The third-order valence-corrected chi connectivity index (χ3v) is 7.89. The number of nitrogens with one attached hydrogen (secondary N) is 1. The Morgan fingerprint density at radius 2 is 1.61 bits per heavy atom. The summed E-state index contributed by atoms with van der Waals surface area (Å²) in [7, 11) is 0. The third-order valence-electron chi connectivity index (χ3n) is 7.89. The molecular weight excluding hydrogens is 485 g/mol. The lowest BCUT2D eigenvalue weighted by atomic mass is 9.75. The standard InChI is InChI=1S/C32H31F3N2O/c1-2-29(37-31(38)25-14-8-22(9-15-25)21-6-4-3-5-7-21)24-12-10-23(11-13-24)27-18-19-36-30-17-16-26(20-28(27)30)32(33,34)35/h3-9,14-20,23-24,29H,2,10-13H2,1H3,(H,37,38). The number of hydrogen-bond donors (Lipinski definition) is 1. The van der Waals surface area contributed by atoms with Crippen molar-refractivity contribution < 1.29 is 18.0 Å². The molecule has 3 aromatic carbocycles. The molecule has 1 heterocycles. The number of carbonyl (C=O) groups excluding carboxylic acids is 1. The van der Waals surface area contributed by atoms with E-state index < -0.39 is 11.7 Å². The summed E-state index contributed by atoms with van der Waals surface area (Å²) in [6.07, 6.45) is 1.72. The Morgan fingerprint density at radius 1 is 0.921 bits per heavy atom. The number of rotatable bonds is 6. The average Bonchev–Trinajstić information content (AvgIpc) is 2.95. The van der Waals surface area contributed by atoms with E-state index in [0.29, 0.717) is 22.4 Å². The van der Waals surface area contributed by atoms with E-state index in [1.54, 1.807) is 6.20 Å². The highest BCUT2D eigenvalue weighted by Gasteiger charge is 2.32. The normalized spacial score (nSPS) is 18.7. The van der Waals surface area contributed by atoms with E-state index in [1.807, 2.05) is 60.7 Å². The number of amides is 1. The zero-order valence-electron chi connectivity index (χ0n) is 21.3. The van der Waals surface area contributed by atoms with Crippen LogP contribution in [0.3, 0.4) is 0 Å². The first-order chi connectivity index (χ1) is 18.3. The van der Waals surface area contributed by atoms with Gasteiger partial charge in [-0.25, -0.2) is 0 Å². The summed E-state index contributed by atoms with van der Waals surface area (Å²) in [6, 6.07) is 23.5. The highest BCUT2D eigenvalue weighted by Crippen LogP contribution is 2.41. The molecule has 196 valence electrons. The summed E-state index contributed by atoms with van der Waals surface area (Å²) >= 11 is 0. The number of fused-ring (bicyclic) bond motifs is 1. The van der Waals surface area contributed by atoms with Crippen molar-refractivity contribution in [2.45, 2.75) is 57.2 Å². The second-order valence-electron chi connectivity index (χ2n) is 10.2. The number of hydrogen-bond acceptors (Lipinski definition) is 2. The second-order valence-corrected chi connectivity index (χ2v) is 10.2. The summed E-state index contributed by atoms with van der Waals surface area (Å²) in [6.45, 7) is 2.09. The Kier molecular flexibility index (Phi) is 7.50. The van der Waals surface area contributed by atoms with E-state index in [9.17, 15) is 18.0 Å². The minimum atomic E-state index is -4.38. The van der Waals surface area contributed by atoms with Crippen molar-refractivity contribution in [2.75, 3.05) is 0 Å². The van der Waals surface area contributed by atoms with Crippen LogP contribution in [0.15, 0.2) is 85.1 Å². The van der Waals surface area contributed by atoms with Crippen LogP contribution in [0.2, 0.25) is 0 Å². The van der Waals surface area contributed by atoms with Crippen molar-refractivity contribution >= 4 is 16.8 Å². The number of benzene rings is 3. The van der Waals surface area contributed by atoms with Crippen LogP contribution in [0.5, 0.6) is 0 Å². The molecule has 1 atom stereocenters. The summed E-state index contributed by atoms with van der Waals surface area (Å²) in [5, 5.41) is 3.83. The lowest BCUT2D eigenvalue weighted by Crippen LogP contribution is -2.41. The van der Waals surface area contributed by atoms with Crippen molar-refractivity contribution in [3.05, 3.63) is 102 Å². The highest BCUT2D eigenvalue weighted by molar-refractivity contribution is 5.95. The van der Waals surface area contributed by atoms with Crippen LogP contribution in [0.25, 0.3) is 22.0 Å². The number of nitrogens with zero attached hydrogens (tertiary/aromatic N) is 1. The maximum atomic E-state index is 13.3. The number of pyridine rings is 1. The molecule has 1 aliphatic rings. The van der Waals surface area contributed by atoms with Crippen LogP contribution < -0.4 is 5.32 Å². The van der Waals surface area contributed by atoms with Crippen LogP contribution in [0, 0.1) is 5.92 Å². The molecule has 0 aliphatic heterocycles. The van der Waals surface area contributed by atoms with Gasteiger partial charge in [0, 0.05) is 23.2 Å². The predicted molar refractivity (Wildman–Crippen MR) is 145 cm³/mol. The zero-order chi connectivity index (χ0) is 26.7. The minimum absolute atomic E-state index is 0.0586. The van der Waals surface area contributed by atoms with Crippen LogP contribution >= 0.6 is 0 Å². The largest absolute Gasteiger partial charge is 0.416 e. The van der Waals surface area contributed by atoms with E-state index in [4.69, 9.17) is 0 Å². The van der Waals surface area contributed by atoms with Crippen LogP contribution in [0.1, 0.15) is 66.4 Å². The van der Waals surface area contributed by atoms with E-state index in [0.717, 1.165) is 54.9 Å². The molecule has 4 aromatic rings. The maximum Gasteiger partial charge on any atom is 0.416 e. The van der Waals surface area contributed by atoms with Gasteiger partial charge >= 0.3 is 6.18 Å². The third kappa shape index (κ3) is 5.59. The number of carbonyl (C=O) groups is 1. The van der Waals surface area contributed by atoms with Gasteiger partial charge < -0.3 is 5.32 Å². The predicted octanol–water partition coefficient (Wildman–Crippen LogP) is 8.40. The van der Waals surface area contributed by atoms with Gasteiger partial charge in [-0.15, -0.1) is 0 Å². The molecule has 6 heteroatoms. The molecule has 1 amide bonds. The Labute approximate surface area is 221 Å². The Hall–Kier alpha value is -3.67. The van der Waals surface area contributed by atoms with E-state index >= 15 is 0 Å². The van der Waals surface area contributed by atoms with Gasteiger partial charge in [0.1, 0.15) is 0 Å². The summed E-state index contributed by atoms with van der Waals surface area (Å²) in [5.74, 6) is 0.444. The van der Waals surface area contributed by atoms with Crippen molar-refractivity contribution in [3.63, 3.8) is 0 Å². The van der Waals surface area contributed by atoms with Gasteiger partial charge in [0.2, 0.25) is 0 Å². The molecule has 0 radical (unpaired) electrons. The zero-order valence-corrected chi connectivity index (χ0v) is 21.3. The molecule has 3 nitrogen and oxygen atoms in total. The van der Waals surface area contributed by atoms with E-state index in [-0.39, 0.29) is 17.9 Å². The lowest BCUT2D eigenvalue weighted by molar-refractivity contribution is -0.137. The Bertz CT molecular complexity index is 1390. The van der Waals surface area contributed by atoms with Crippen molar-refractivity contribution in [1.29, 1.82) is 0 Å². The van der Waals surface area contributed by atoms with Crippen LogP contribution in [-0.2, 0) is 6.18 Å². The van der Waals surface area contributed by atoms with Gasteiger partial charge in [-0.05, 0) is 97.0 Å². The van der Waals surface area contributed by atoms with Crippen LogP contribution in [0.4, 0.5) is 13.2 Å². The fourth-order valence-electron chi connectivity index (χ4n) is 5.78. The topological polar surface area (TPSA) is 42.0 Å². The fourth-order valence-corrected chi connectivity index (χ4v) is 5.78. The maximum absolute atomic E-state index is 13.3. The first kappa shape index (κ1) is 26.0. The van der Waals surface area contributed by atoms with Gasteiger partial charge in [-0.1, -0.05) is 49.4 Å². The van der Waals surface area contributed by atoms with Crippen LogP contribution in [-0.4, -0.2) is 16.9 Å². The van der Waals surface area contributed by atoms with Gasteiger partial charge in [0.05, 0.1) is 11.1 Å². The van der Waals surface area contributed by atoms with Crippen molar-refractivity contribution in [1.82, 2.24) is 10.3 Å². The molecular formula is C32H31F3N2O. The van der Waals surface area contributed by atoms with Gasteiger partial charge in [-0.3, -0.25) is 9.78 Å². The summed E-state index contributed by atoms with van der Waals surface area (Å²) in [5.41, 5.74) is 3.71. The molecule has 0 spiro atoms. The first-order valence-corrected chi connectivity index (χ1v) is 13.3. The minimum Gasteiger partial charge on any atom is -0.349 e. The van der Waals surface area contributed by atoms with Gasteiger partial charge in [0.15, 0.2) is 0 Å². The number of halogens is 3. The number of aromatic nitrogens is 1. The Morgan fingerprint density at radius 3 is 2.26 bits per heavy atom. The fraction of sp³-hybridized carbons (Fsp3) is 0.312. The van der Waals surface area contributed by atoms with Crippen molar-refractivity contribution in [3.8, 4) is 11.1 Å². The van der Waals surface area contributed by atoms with Gasteiger partial charge in [0.25, 0.3) is 5.91 Å². The number of alkyl halides is 3. The molecule has 1 N–H and O–H groups in total. The van der Waals surface area contributed by atoms with Gasteiger partial charge in [-0.2, -0.15) is 13.2 Å². The molecule has 1 saturated carbocycles. The monoisotopic (exact) mass is 516 g/mol. The molecule has 0 saturated heterocycles. The summed E-state index contributed by atoms with van der Waals surface area (Å²) < 4.78 is 40.0. The molecule has 1 unspecified atom stereocenters. The Balaban J connectivity index is 1.24. The quantitative estimate of drug-likeness (QED) is 0.280. The van der Waals surface area contributed by atoms with Crippen molar-refractivity contribution in [2.24, 2.45) is 5.92 Å². The highest BCUT2D eigenvalue weighted by atomic mass is 19.4. The average molecular weight is 517 g/mol. The molecule has 1 fully saturated rings. The SMILES string of the molecule is CCC(NC(=O)c1ccc(-c2ccccc2)cc1)C1CCC(c2ccnc3ccc(C(F)(F)F)cc23)CC1. The molecule has 5 rings (SSSR count). The molecule has 1 aliphatic carbocycles. The smallest absolute Gasteiger partial charge is 0.349 e. The van der Waals surface area contributed by atoms with E-state index in [1.165, 1.54) is 12.1 Å².